The first-order valence-corrected chi connectivity index (χ1v) is 17.5. The van der Waals surface area contributed by atoms with Crippen molar-refractivity contribution in [2.75, 3.05) is 54.9 Å². The summed E-state index contributed by atoms with van der Waals surface area (Å²) in [6.45, 7) is 16.5. The first-order valence-electron chi connectivity index (χ1n) is 15.8. The second-order valence-corrected chi connectivity index (χ2v) is 14.6. The van der Waals surface area contributed by atoms with Crippen LogP contribution in [-0.4, -0.2) is 85.6 Å². The molecule has 2 fully saturated rings. The van der Waals surface area contributed by atoms with Crippen LogP contribution in [0, 0.1) is 13.5 Å². The summed E-state index contributed by atoms with van der Waals surface area (Å²) in [6, 6.07) is 12.7. The number of carbonyl (C=O) groups excluding carboxylic acids is 1. The molecule has 1 aliphatic carbocycles. The van der Waals surface area contributed by atoms with Crippen molar-refractivity contribution in [3.05, 3.63) is 77.3 Å². The minimum absolute atomic E-state index is 0.0985. The van der Waals surface area contributed by atoms with E-state index >= 15 is 0 Å². The lowest BCUT2D eigenvalue weighted by molar-refractivity contribution is -0.128. The molecule has 3 aliphatic rings. The lowest BCUT2D eigenvalue weighted by Crippen LogP contribution is -2.56. The molecule has 0 radical (unpaired) electrons. The third kappa shape index (κ3) is 6.34. The van der Waals surface area contributed by atoms with Gasteiger partial charge in [0, 0.05) is 42.8 Å². The van der Waals surface area contributed by atoms with E-state index in [9.17, 15) is 13.2 Å². The van der Waals surface area contributed by atoms with E-state index < -0.39 is 9.84 Å². The SMILES string of the molecule is [C-]#[N+]C[C@H]1CN(c2nc(OCCCS(=O)(=O)C3CCC3)nc3c2CCN(c2cccc4cccc(C)c24)C3)CCN1C(=O)C=C. The maximum Gasteiger partial charge on any atom is 0.318 e. The van der Waals surface area contributed by atoms with Crippen LogP contribution in [0.1, 0.15) is 42.5 Å². The van der Waals surface area contributed by atoms with Gasteiger partial charge in [-0.3, -0.25) is 4.79 Å². The summed E-state index contributed by atoms with van der Waals surface area (Å²) in [5.41, 5.74) is 4.30. The van der Waals surface area contributed by atoms with Crippen LogP contribution in [0.5, 0.6) is 6.01 Å². The fraction of sp³-hybridized carbons (Fsp3) is 0.471. The molecule has 10 nitrogen and oxygen atoms in total. The monoisotopic (exact) mass is 628 g/mol. The number of piperazine rings is 1. The van der Waals surface area contributed by atoms with Crippen molar-refractivity contribution in [1.29, 1.82) is 0 Å². The van der Waals surface area contributed by atoms with Crippen molar-refractivity contribution in [2.45, 2.75) is 56.9 Å². The molecule has 0 unspecified atom stereocenters. The normalized spacial score (nSPS) is 18.7. The van der Waals surface area contributed by atoms with Crippen LogP contribution in [0.3, 0.4) is 0 Å². The summed E-state index contributed by atoms with van der Waals surface area (Å²) in [7, 11) is -3.10. The minimum Gasteiger partial charge on any atom is -0.463 e. The van der Waals surface area contributed by atoms with E-state index in [0.29, 0.717) is 32.6 Å². The van der Waals surface area contributed by atoms with Gasteiger partial charge in [0.25, 0.3) is 0 Å². The molecule has 45 heavy (non-hydrogen) atoms. The van der Waals surface area contributed by atoms with Crippen molar-refractivity contribution >= 4 is 38.0 Å². The average Bonchev–Trinajstić information content (AvgIpc) is 3.01. The first-order chi connectivity index (χ1) is 21.8. The van der Waals surface area contributed by atoms with Gasteiger partial charge in [-0.15, -0.1) is 0 Å². The van der Waals surface area contributed by atoms with Crippen molar-refractivity contribution in [3.63, 3.8) is 0 Å². The zero-order valence-corrected chi connectivity index (χ0v) is 26.6. The molecule has 236 valence electrons. The molecule has 11 heteroatoms. The minimum atomic E-state index is -3.10. The molecule has 0 spiro atoms. The van der Waals surface area contributed by atoms with Gasteiger partial charge in [-0.2, -0.15) is 9.97 Å². The summed E-state index contributed by atoms with van der Waals surface area (Å²) >= 11 is 0. The van der Waals surface area contributed by atoms with E-state index in [2.05, 4.69) is 64.5 Å². The van der Waals surface area contributed by atoms with Crippen LogP contribution in [-0.2, 0) is 27.6 Å². The summed E-state index contributed by atoms with van der Waals surface area (Å²) in [6.07, 6.45) is 4.91. The fourth-order valence-corrected chi connectivity index (χ4v) is 8.63. The maximum absolute atomic E-state index is 12.6. The van der Waals surface area contributed by atoms with E-state index in [4.69, 9.17) is 21.3 Å². The number of ether oxygens (including phenoxy) is 1. The Bertz CT molecular complexity index is 1740. The molecule has 3 aromatic rings. The van der Waals surface area contributed by atoms with Crippen LogP contribution in [0.25, 0.3) is 15.6 Å². The average molecular weight is 629 g/mol. The molecular weight excluding hydrogens is 588 g/mol. The number of sulfone groups is 1. The quantitative estimate of drug-likeness (QED) is 0.186. The van der Waals surface area contributed by atoms with Gasteiger partial charge in [0.1, 0.15) is 11.9 Å². The highest BCUT2D eigenvalue weighted by molar-refractivity contribution is 7.92. The molecule has 3 heterocycles. The van der Waals surface area contributed by atoms with Crippen molar-refractivity contribution in [3.8, 4) is 6.01 Å². The van der Waals surface area contributed by atoms with Gasteiger partial charge in [-0.25, -0.2) is 15.0 Å². The molecule has 1 aromatic heterocycles. The lowest BCUT2D eigenvalue weighted by Gasteiger charge is -2.41. The molecule has 2 aliphatic heterocycles. The Labute approximate surface area is 265 Å². The molecule has 1 saturated carbocycles. The van der Waals surface area contributed by atoms with E-state index in [1.54, 1.807) is 4.90 Å². The van der Waals surface area contributed by atoms with Crippen LogP contribution < -0.4 is 14.5 Å². The Morgan fingerprint density at radius 2 is 1.93 bits per heavy atom. The summed E-state index contributed by atoms with van der Waals surface area (Å²) in [4.78, 5) is 32.1. The predicted octanol–water partition coefficient (Wildman–Crippen LogP) is 4.36. The van der Waals surface area contributed by atoms with Gasteiger partial charge < -0.3 is 24.3 Å². The Morgan fingerprint density at radius 3 is 2.67 bits per heavy atom. The Hall–Kier alpha value is -4.17. The molecule has 1 amide bonds. The van der Waals surface area contributed by atoms with Crippen molar-refractivity contribution < 1.29 is 17.9 Å². The largest absolute Gasteiger partial charge is 0.463 e. The topological polar surface area (TPSA) is 100 Å². The number of aryl methyl sites for hydroxylation is 1. The number of carbonyl (C=O) groups is 1. The Morgan fingerprint density at radius 1 is 1.13 bits per heavy atom. The number of nitrogens with zero attached hydrogens (tertiary/aromatic N) is 6. The number of benzene rings is 2. The fourth-order valence-electron chi connectivity index (χ4n) is 6.73. The summed E-state index contributed by atoms with van der Waals surface area (Å²) in [5.74, 6) is 0.697. The summed E-state index contributed by atoms with van der Waals surface area (Å²) < 4.78 is 31.2. The zero-order chi connectivity index (χ0) is 31.6. The number of fused-ring (bicyclic) bond motifs is 2. The maximum atomic E-state index is 12.6. The molecule has 1 saturated heterocycles. The highest BCUT2D eigenvalue weighted by Gasteiger charge is 2.35. The zero-order valence-electron chi connectivity index (χ0n) is 25.8. The second-order valence-electron chi connectivity index (χ2n) is 12.2. The number of aromatic nitrogens is 2. The van der Waals surface area contributed by atoms with E-state index in [0.717, 1.165) is 55.0 Å². The Balaban J connectivity index is 1.29. The smallest absolute Gasteiger partial charge is 0.318 e. The van der Waals surface area contributed by atoms with E-state index in [1.165, 1.54) is 22.4 Å². The van der Waals surface area contributed by atoms with Gasteiger partial charge in [0.15, 0.2) is 9.84 Å². The number of rotatable bonds is 10. The molecule has 1 atom stereocenters. The van der Waals surface area contributed by atoms with Crippen LogP contribution in [0.15, 0.2) is 49.1 Å². The number of hydrogen-bond donors (Lipinski definition) is 0. The second kappa shape index (κ2) is 13.1. The van der Waals surface area contributed by atoms with Gasteiger partial charge in [0.2, 0.25) is 12.5 Å². The number of hydrogen-bond acceptors (Lipinski definition) is 8. The predicted molar refractivity (Wildman–Crippen MR) is 176 cm³/mol. The van der Waals surface area contributed by atoms with Crippen molar-refractivity contribution in [1.82, 2.24) is 14.9 Å². The van der Waals surface area contributed by atoms with E-state index in [1.807, 2.05) is 0 Å². The third-order valence-corrected chi connectivity index (χ3v) is 11.7. The van der Waals surface area contributed by atoms with Gasteiger partial charge in [0.05, 0.1) is 29.8 Å². The molecule has 6 rings (SSSR count). The molecule has 0 N–H and O–H groups in total. The van der Waals surface area contributed by atoms with Gasteiger partial charge >= 0.3 is 6.01 Å². The highest BCUT2D eigenvalue weighted by atomic mass is 32.2. The van der Waals surface area contributed by atoms with Crippen molar-refractivity contribution in [2.24, 2.45) is 0 Å². The molecule has 0 bridgehead atoms. The Kier molecular flexibility index (Phi) is 8.95. The third-order valence-electron chi connectivity index (χ3n) is 9.36. The first kappa shape index (κ1) is 30.8. The van der Waals surface area contributed by atoms with E-state index in [-0.39, 0.29) is 42.1 Å². The molecule has 2 aromatic carbocycles. The standard InChI is InChI=1S/C34H40N6O4S/c1-4-31(41)40-18-17-39(22-26(40)21-35-3)33-28-15-16-38(30-14-6-11-25-10-5-9-24(2)32(25)30)23-29(28)36-34(37-33)44-19-8-20-45(42,43)27-12-7-13-27/h4-6,9-11,14,26-27H,1,7-8,12-13,15-23H2,2H3/t26-/m0/s1. The number of anilines is 2. The molecular formula is C34H40N6O4S. The number of amides is 1. The highest BCUT2D eigenvalue weighted by Crippen LogP contribution is 2.36. The summed E-state index contributed by atoms with van der Waals surface area (Å²) in [5, 5.41) is 2.22. The lowest BCUT2D eigenvalue weighted by atomic mass is 9.99. The van der Waals surface area contributed by atoms with Crippen LogP contribution in [0.4, 0.5) is 11.5 Å². The van der Waals surface area contributed by atoms with Crippen LogP contribution >= 0.6 is 0 Å². The van der Waals surface area contributed by atoms with Gasteiger partial charge in [-0.05, 0) is 55.7 Å². The van der Waals surface area contributed by atoms with Crippen LogP contribution in [0.2, 0.25) is 0 Å². The van der Waals surface area contributed by atoms with Gasteiger partial charge in [-0.1, -0.05) is 43.3 Å².